The number of rotatable bonds is 5. The van der Waals surface area contributed by atoms with E-state index in [-0.39, 0.29) is 22.6 Å². The second-order valence-electron chi connectivity index (χ2n) is 7.20. The quantitative estimate of drug-likeness (QED) is 0.808. The summed E-state index contributed by atoms with van der Waals surface area (Å²) in [6, 6.07) is 11.7. The molecule has 0 aromatic heterocycles. The van der Waals surface area contributed by atoms with Crippen LogP contribution in [0.25, 0.3) is 0 Å². The molecule has 28 heavy (non-hydrogen) atoms. The van der Waals surface area contributed by atoms with Crippen LogP contribution in [0.4, 0.5) is 5.69 Å². The van der Waals surface area contributed by atoms with Crippen LogP contribution in [0.5, 0.6) is 0 Å². The van der Waals surface area contributed by atoms with Gasteiger partial charge in [0.25, 0.3) is 10.0 Å². The van der Waals surface area contributed by atoms with Crippen molar-refractivity contribution in [2.75, 3.05) is 5.32 Å². The van der Waals surface area contributed by atoms with Crippen molar-refractivity contribution < 1.29 is 13.2 Å². The Labute approximate surface area is 166 Å². The smallest absolute Gasteiger partial charge is 0.263 e. The number of anilines is 1. The molecular weight excluding hydrogens is 374 g/mol. The van der Waals surface area contributed by atoms with Crippen molar-refractivity contribution in [3.63, 3.8) is 0 Å². The zero-order chi connectivity index (χ0) is 20.5. The molecule has 148 valence electrons. The van der Waals surface area contributed by atoms with E-state index in [4.69, 9.17) is 0 Å². The van der Waals surface area contributed by atoms with Gasteiger partial charge in [-0.15, -0.1) is 0 Å². The van der Waals surface area contributed by atoms with Crippen molar-refractivity contribution in [2.45, 2.75) is 45.1 Å². The Balaban J connectivity index is 1.94. The van der Waals surface area contributed by atoms with E-state index in [1.807, 2.05) is 45.9 Å². The molecule has 0 fully saturated rings. The lowest BCUT2D eigenvalue weighted by molar-refractivity contribution is -0.118. The molecule has 0 aliphatic carbocycles. The Hall–Kier alpha value is -2.67. The van der Waals surface area contributed by atoms with Gasteiger partial charge in [-0.3, -0.25) is 14.5 Å². The van der Waals surface area contributed by atoms with Crippen LogP contribution in [0, 0.1) is 19.8 Å². The average molecular weight is 400 g/mol. The van der Waals surface area contributed by atoms with Gasteiger partial charge in [-0.25, -0.2) is 8.42 Å². The number of nitrogens with one attached hydrogen (secondary N) is 2. The highest BCUT2D eigenvalue weighted by Crippen LogP contribution is 2.24. The summed E-state index contributed by atoms with van der Waals surface area (Å²) in [5.41, 5.74) is 3.43. The second-order valence-corrected chi connectivity index (χ2v) is 8.85. The Morgan fingerprint density at radius 1 is 1.14 bits per heavy atom. The van der Waals surface area contributed by atoms with Crippen molar-refractivity contribution in [1.82, 2.24) is 4.72 Å². The summed E-state index contributed by atoms with van der Waals surface area (Å²) in [5, 5.41) is 2.92. The number of hydrogen-bond acceptors (Lipinski definition) is 4. The zero-order valence-electron chi connectivity index (χ0n) is 16.5. The minimum absolute atomic E-state index is 0.0590. The molecule has 0 radical (unpaired) electrons. The number of carbonyl (C=O) groups is 1. The highest BCUT2D eigenvalue weighted by Gasteiger charge is 2.33. The summed E-state index contributed by atoms with van der Waals surface area (Å²) in [6.07, 6.45) is 0.732. The van der Waals surface area contributed by atoms with Crippen LogP contribution >= 0.6 is 0 Å². The highest BCUT2D eigenvalue weighted by molar-refractivity contribution is 7.90. The summed E-state index contributed by atoms with van der Waals surface area (Å²) >= 11 is 0. The molecule has 2 N–H and O–H groups in total. The lowest BCUT2D eigenvalue weighted by atomic mass is 9.98. The summed E-state index contributed by atoms with van der Waals surface area (Å²) in [5.74, 6) is -0.0962. The van der Waals surface area contributed by atoms with Crippen LogP contribution < -0.4 is 10.0 Å². The lowest BCUT2D eigenvalue weighted by Crippen LogP contribution is -2.34. The summed E-state index contributed by atoms with van der Waals surface area (Å²) in [6.45, 7) is 7.91. The molecule has 2 aromatic carbocycles. The lowest BCUT2D eigenvalue weighted by Gasteiger charge is -2.20. The molecule has 2 aromatic rings. The van der Waals surface area contributed by atoms with Crippen LogP contribution in [-0.2, 0) is 14.8 Å². The van der Waals surface area contributed by atoms with Gasteiger partial charge in [0.05, 0.1) is 4.90 Å². The molecule has 1 amide bonds. The molecule has 1 aliphatic heterocycles. The highest BCUT2D eigenvalue weighted by atomic mass is 32.2. The maximum Gasteiger partial charge on any atom is 0.263 e. The van der Waals surface area contributed by atoms with E-state index in [9.17, 15) is 13.2 Å². The number of aryl methyl sites for hydroxylation is 2. The first-order valence-electron chi connectivity index (χ1n) is 9.31. The second kappa shape index (κ2) is 7.75. The molecule has 0 saturated carbocycles. The third-order valence-corrected chi connectivity index (χ3v) is 6.55. The average Bonchev–Trinajstić information content (AvgIpc) is 2.92. The normalized spacial score (nSPS) is 18.2. The first kappa shape index (κ1) is 20.1. The largest absolute Gasteiger partial charge is 0.324 e. The van der Waals surface area contributed by atoms with E-state index in [1.165, 1.54) is 6.07 Å². The van der Waals surface area contributed by atoms with Crippen molar-refractivity contribution >= 4 is 27.5 Å². The number of hydrogen-bond donors (Lipinski definition) is 2. The number of nitrogens with zero attached hydrogens (tertiary/aromatic N) is 1. The molecule has 0 saturated heterocycles. The topological polar surface area (TPSA) is 87.6 Å². The number of amides is 1. The zero-order valence-corrected chi connectivity index (χ0v) is 17.3. The van der Waals surface area contributed by atoms with E-state index >= 15 is 0 Å². The minimum Gasteiger partial charge on any atom is -0.324 e. The van der Waals surface area contributed by atoms with Gasteiger partial charge in [-0.2, -0.15) is 0 Å². The third-order valence-electron chi connectivity index (χ3n) is 5.16. The molecule has 6 nitrogen and oxygen atoms in total. The number of aliphatic imine (C=N–C) groups is 1. The van der Waals surface area contributed by atoms with E-state index in [0.717, 1.165) is 17.5 Å². The molecule has 3 rings (SSSR count). The van der Waals surface area contributed by atoms with Gasteiger partial charge in [0.1, 0.15) is 11.9 Å². The van der Waals surface area contributed by atoms with Gasteiger partial charge in [0, 0.05) is 11.3 Å². The van der Waals surface area contributed by atoms with E-state index in [2.05, 4.69) is 15.0 Å². The fraction of sp³-hybridized carbons (Fsp3) is 0.333. The number of amidine groups is 1. The van der Waals surface area contributed by atoms with E-state index in [0.29, 0.717) is 11.3 Å². The molecule has 1 heterocycles. The Kier molecular flexibility index (Phi) is 5.56. The standard InChI is InChI=1S/C21H25N3O3S/c1-5-13(2)19(21(25)22-16-11-10-14(3)15(4)12-16)23-20-17-8-6-7-9-18(17)28(26,27)24-20/h6-13,19H,5H2,1-4H3,(H,22,25)(H,23,24). The third kappa shape index (κ3) is 3.94. The SMILES string of the molecule is CCC(C)C(N=C1NS(=O)(=O)c2ccccc21)C(=O)Nc1ccc(C)c(C)c1. The number of fused-ring (bicyclic) bond motifs is 1. The van der Waals surface area contributed by atoms with Gasteiger partial charge >= 0.3 is 0 Å². The van der Waals surface area contributed by atoms with Crippen LogP contribution in [-0.4, -0.2) is 26.2 Å². The Bertz CT molecular complexity index is 1040. The van der Waals surface area contributed by atoms with Crippen molar-refractivity contribution in [3.8, 4) is 0 Å². The first-order valence-corrected chi connectivity index (χ1v) is 10.8. The van der Waals surface area contributed by atoms with Gasteiger partial charge in [0.15, 0.2) is 0 Å². The van der Waals surface area contributed by atoms with Crippen LogP contribution in [0.2, 0.25) is 0 Å². The monoisotopic (exact) mass is 399 g/mol. The molecule has 7 heteroatoms. The summed E-state index contributed by atoms with van der Waals surface area (Å²) < 4.78 is 27.1. The minimum atomic E-state index is -3.64. The molecule has 0 bridgehead atoms. The van der Waals surface area contributed by atoms with Crippen LogP contribution in [0.15, 0.2) is 52.4 Å². The molecule has 1 aliphatic rings. The predicted molar refractivity (Wildman–Crippen MR) is 111 cm³/mol. The van der Waals surface area contributed by atoms with Gasteiger partial charge in [-0.05, 0) is 55.2 Å². The van der Waals surface area contributed by atoms with Crippen molar-refractivity contribution in [3.05, 3.63) is 59.2 Å². The maximum atomic E-state index is 13.0. The first-order chi connectivity index (χ1) is 13.2. The van der Waals surface area contributed by atoms with Crippen LogP contribution in [0.3, 0.4) is 0 Å². The summed E-state index contributed by atoms with van der Waals surface area (Å²) in [4.78, 5) is 17.7. The number of benzene rings is 2. The molecule has 2 unspecified atom stereocenters. The predicted octanol–water partition coefficient (Wildman–Crippen LogP) is 3.40. The van der Waals surface area contributed by atoms with Gasteiger partial charge in [-0.1, -0.05) is 38.5 Å². The van der Waals surface area contributed by atoms with Crippen LogP contribution in [0.1, 0.15) is 37.0 Å². The fourth-order valence-corrected chi connectivity index (χ4v) is 4.31. The van der Waals surface area contributed by atoms with Crippen molar-refractivity contribution in [2.24, 2.45) is 10.9 Å². The number of carbonyl (C=O) groups excluding carboxylic acids is 1. The van der Waals surface area contributed by atoms with Crippen molar-refractivity contribution in [1.29, 1.82) is 0 Å². The molecule has 2 atom stereocenters. The Morgan fingerprint density at radius 3 is 2.54 bits per heavy atom. The number of sulfonamides is 1. The van der Waals surface area contributed by atoms with Gasteiger partial charge < -0.3 is 5.32 Å². The maximum absolute atomic E-state index is 13.0. The fourth-order valence-electron chi connectivity index (χ4n) is 3.07. The van der Waals surface area contributed by atoms with E-state index < -0.39 is 16.1 Å². The summed E-state index contributed by atoms with van der Waals surface area (Å²) in [7, 11) is -3.64. The molecular formula is C21H25N3O3S. The molecule has 0 spiro atoms. The van der Waals surface area contributed by atoms with Gasteiger partial charge in [0.2, 0.25) is 5.91 Å². The Morgan fingerprint density at radius 2 is 1.86 bits per heavy atom. The van der Waals surface area contributed by atoms with E-state index in [1.54, 1.807) is 18.2 Å².